The predicted octanol–water partition coefficient (Wildman–Crippen LogP) is -1.95. The molecule has 1 fully saturated rings. The molecule has 1 aliphatic heterocycles. The van der Waals surface area contributed by atoms with Crippen LogP contribution in [0, 0.1) is 0 Å². The monoisotopic (exact) mass is 201 g/mol. The minimum absolute atomic E-state index is 0.139. The molecule has 2 amide bonds. The molecule has 0 aromatic heterocycles. The van der Waals surface area contributed by atoms with Gasteiger partial charge in [0, 0.05) is 19.5 Å². The Balaban J connectivity index is 2.62. The molecule has 1 heterocycles. The predicted molar refractivity (Wildman–Crippen MR) is 49.2 cm³/mol. The molecule has 1 atom stereocenters. The SMILES string of the molecule is NCCC(=O)N1CCOCC1C(N)=O. The maximum absolute atomic E-state index is 11.5. The first-order valence-electron chi connectivity index (χ1n) is 4.53. The topological polar surface area (TPSA) is 98.7 Å². The minimum atomic E-state index is -0.636. The zero-order valence-corrected chi connectivity index (χ0v) is 7.94. The fraction of sp³-hybridized carbons (Fsp3) is 0.750. The quantitative estimate of drug-likeness (QED) is 0.554. The molecule has 4 N–H and O–H groups in total. The van der Waals surface area contributed by atoms with Crippen molar-refractivity contribution in [3.63, 3.8) is 0 Å². The molecule has 0 bridgehead atoms. The Morgan fingerprint density at radius 1 is 1.50 bits per heavy atom. The molecule has 0 saturated carbocycles. The summed E-state index contributed by atoms with van der Waals surface area (Å²) in [5.41, 5.74) is 10.4. The van der Waals surface area contributed by atoms with Crippen LogP contribution in [0.2, 0.25) is 0 Å². The highest BCUT2D eigenvalue weighted by atomic mass is 16.5. The van der Waals surface area contributed by atoms with Crippen molar-refractivity contribution in [1.82, 2.24) is 4.90 Å². The van der Waals surface area contributed by atoms with Gasteiger partial charge < -0.3 is 21.1 Å². The number of nitrogens with zero attached hydrogens (tertiary/aromatic N) is 1. The second-order valence-electron chi connectivity index (χ2n) is 3.12. The summed E-state index contributed by atoms with van der Waals surface area (Å²) in [6, 6.07) is -0.636. The molecule has 14 heavy (non-hydrogen) atoms. The van der Waals surface area contributed by atoms with Crippen LogP contribution in [-0.2, 0) is 14.3 Å². The number of rotatable bonds is 3. The van der Waals surface area contributed by atoms with Crippen molar-refractivity contribution in [2.45, 2.75) is 12.5 Å². The zero-order valence-electron chi connectivity index (χ0n) is 7.94. The lowest BCUT2D eigenvalue weighted by Gasteiger charge is -2.33. The molecule has 80 valence electrons. The summed E-state index contributed by atoms with van der Waals surface area (Å²) in [6.45, 7) is 1.32. The Morgan fingerprint density at radius 2 is 2.21 bits per heavy atom. The van der Waals surface area contributed by atoms with E-state index in [1.807, 2.05) is 0 Å². The first-order chi connectivity index (χ1) is 6.66. The fourth-order valence-corrected chi connectivity index (χ4v) is 1.40. The normalized spacial score (nSPS) is 22.1. The van der Waals surface area contributed by atoms with Crippen molar-refractivity contribution < 1.29 is 14.3 Å². The summed E-state index contributed by atoms with van der Waals surface area (Å²) in [7, 11) is 0. The van der Waals surface area contributed by atoms with Crippen molar-refractivity contribution >= 4 is 11.8 Å². The highest BCUT2D eigenvalue weighted by Gasteiger charge is 2.30. The lowest BCUT2D eigenvalue weighted by Crippen LogP contribution is -2.55. The molecule has 0 radical (unpaired) electrons. The molecule has 0 aromatic rings. The molecule has 1 unspecified atom stereocenters. The van der Waals surface area contributed by atoms with E-state index in [0.717, 1.165) is 0 Å². The Bertz CT molecular complexity index is 232. The summed E-state index contributed by atoms with van der Waals surface area (Å²) in [6.07, 6.45) is 0.240. The molecule has 1 aliphatic rings. The zero-order chi connectivity index (χ0) is 10.6. The molecule has 6 nitrogen and oxygen atoms in total. The standard InChI is InChI=1S/C8H15N3O3/c9-2-1-7(12)11-3-4-14-5-6(11)8(10)13/h6H,1-5,9H2,(H2,10,13). The van der Waals surface area contributed by atoms with E-state index in [4.69, 9.17) is 16.2 Å². The summed E-state index contributed by atoms with van der Waals surface area (Å²) in [4.78, 5) is 23.9. The third-order valence-electron chi connectivity index (χ3n) is 2.14. The highest BCUT2D eigenvalue weighted by molar-refractivity contribution is 5.87. The molecule has 1 rings (SSSR count). The maximum Gasteiger partial charge on any atom is 0.242 e. The summed E-state index contributed by atoms with van der Waals surface area (Å²) >= 11 is 0. The van der Waals surface area contributed by atoms with E-state index in [1.165, 1.54) is 4.90 Å². The smallest absolute Gasteiger partial charge is 0.242 e. The lowest BCUT2D eigenvalue weighted by atomic mass is 10.2. The fourth-order valence-electron chi connectivity index (χ4n) is 1.40. The second kappa shape index (κ2) is 4.92. The van der Waals surface area contributed by atoms with Crippen LogP contribution in [-0.4, -0.2) is 49.1 Å². The van der Waals surface area contributed by atoms with Gasteiger partial charge in [-0.25, -0.2) is 0 Å². The Morgan fingerprint density at radius 3 is 2.79 bits per heavy atom. The third-order valence-corrected chi connectivity index (χ3v) is 2.14. The molecule has 0 spiro atoms. The van der Waals surface area contributed by atoms with Gasteiger partial charge in [0.25, 0.3) is 0 Å². The maximum atomic E-state index is 11.5. The van der Waals surface area contributed by atoms with Gasteiger partial charge in [0.05, 0.1) is 13.2 Å². The number of morpholine rings is 1. The van der Waals surface area contributed by atoms with Gasteiger partial charge in [-0.1, -0.05) is 0 Å². The van der Waals surface area contributed by atoms with Crippen LogP contribution in [0.25, 0.3) is 0 Å². The average molecular weight is 201 g/mol. The van der Waals surface area contributed by atoms with Crippen molar-refractivity contribution in [3.05, 3.63) is 0 Å². The van der Waals surface area contributed by atoms with E-state index in [-0.39, 0.29) is 25.5 Å². The van der Waals surface area contributed by atoms with Gasteiger partial charge in [0.2, 0.25) is 11.8 Å². The van der Waals surface area contributed by atoms with Crippen LogP contribution in [0.15, 0.2) is 0 Å². The van der Waals surface area contributed by atoms with Crippen LogP contribution in [0.3, 0.4) is 0 Å². The number of primary amides is 1. The minimum Gasteiger partial charge on any atom is -0.377 e. The van der Waals surface area contributed by atoms with Crippen LogP contribution in [0.5, 0.6) is 0 Å². The first kappa shape index (κ1) is 10.9. The van der Waals surface area contributed by atoms with Gasteiger partial charge in [-0.15, -0.1) is 0 Å². The number of amides is 2. The Labute approximate surface area is 82.2 Å². The molecule has 0 aliphatic carbocycles. The number of carbonyl (C=O) groups is 2. The van der Waals surface area contributed by atoms with Gasteiger partial charge >= 0.3 is 0 Å². The van der Waals surface area contributed by atoms with Gasteiger partial charge in [-0.05, 0) is 0 Å². The summed E-state index contributed by atoms with van der Waals surface area (Å²) in [5, 5.41) is 0. The number of hydrogen-bond acceptors (Lipinski definition) is 4. The number of nitrogens with two attached hydrogens (primary N) is 2. The molecular formula is C8H15N3O3. The van der Waals surface area contributed by atoms with Gasteiger partial charge in [0.15, 0.2) is 0 Å². The molecular weight excluding hydrogens is 186 g/mol. The van der Waals surface area contributed by atoms with Crippen molar-refractivity contribution in [1.29, 1.82) is 0 Å². The number of ether oxygens (including phenoxy) is 1. The number of hydrogen-bond donors (Lipinski definition) is 2. The van der Waals surface area contributed by atoms with E-state index < -0.39 is 11.9 Å². The van der Waals surface area contributed by atoms with Crippen molar-refractivity contribution in [2.75, 3.05) is 26.3 Å². The summed E-state index contributed by atoms with van der Waals surface area (Å²) < 4.78 is 5.08. The van der Waals surface area contributed by atoms with E-state index in [1.54, 1.807) is 0 Å². The van der Waals surface area contributed by atoms with Gasteiger partial charge in [-0.3, -0.25) is 9.59 Å². The first-order valence-corrected chi connectivity index (χ1v) is 4.53. The van der Waals surface area contributed by atoms with Crippen LogP contribution in [0.1, 0.15) is 6.42 Å². The average Bonchev–Trinajstić information content (AvgIpc) is 2.18. The van der Waals surface area contributed by atoms with Crippen molar-refractivity contribution in [3.8, 4) is 0 Å². The number of carbonyl (C=O) groups excluding carboxylic acids is 2. The summed E-state index contributed by atoms with van der Waals surface area (Å²) in [5.74, 6) is -0.672. The van der Waals surface area contributed by atoms with E-state index in [2.05, 4.69) is 0 Å². The second-order valence-corrected chi connectivity index (χ2v) is 3.12. The van der Waals surface area contributed by atoms with E-state index >= 15 is 0 Å². The largest absolute Gasteiger partial charge is 0.377 e. The molecule has 6 heteroatoms. The van der Waals surface area contributed by atoms with E-state index in [0.29, 0.717) is 13.2 Å². The lowest BCUT2D eigenvalue weighted by molar-refractivity contribution is -0.147. The molecule has 0 aromatic carbocycles. The Hall–Kier alpha value is -1.14. The van der Waals surface area contributed by atoms with Crippen molar-refractivity contribution in [2.24, 2.45) is 11.5 Å². The van der Waals surface area contributed by atoms with E-state index in [9.17, 15) is 9.59 Å². The highest BCUT2D eigenvalue weighted by Crippen LogP contribution is 2.07. The van der Waals surface area contributed by atoms with Crippen LogP contribution < -0.4 is 11.5 Å². The Kier molecular flexibility index (Phi) is 3.84. The van der Waals surface area contributed by atoms with Crippen LogP contribution >= 0.6 is 0 Å². The third kappa shape index (κ3) is 2.43. The van der Waals surface area contributed by atoms with Gasteiger partial charge in [0.1, 0.15) is 6.04 Å². The molecule has 1 saturated heterocycles. The van der Waals surface area contributed by atoms with Gasteiger partial charge in [-0.2, -0.15) is 0 Å². The van der Waals surface area contributed by atoms with Crippen LogP contribution in [0.4, 0.5) is 0 Å².